The molecule has 0 radical (unpaired) electrons. The molecule has 0 amide bonds. The van der Waals surface area contributed by atoms with Gasteiger partial charge in [0.2, 0.25) is 0 Å². The molecule has 0 bridgehead atoms. The van der Waals surface area contributed by atoms with Crippen LogP contribution in [-0.2, 0) is 6.18 Å². The summed E-state index contributed by atoms with van der Waals surface area (Å²) < 4.78 is 42.5. The number of nitrogens with zero attached hydrogens (tertiary/aromatic N) is 1. The van der Waals surface area contributed by atoms with E-state index in [4.69, 9.17) is 0 Å². The van der Waals surface area contributed by atoms with Gasteiger partial charge in [0.1, 0.15) is 0 Å². The summed E-state index contributed by atoms with van der Waals surface area (Å²) in [5, 5.41) is 2.41. The first-order valence-corrected chi connectivity index (χ1v) is 10.1. The molecule has 4 heteroatoms. The minimum Gasteiger partial charge on any atom is -0.242 e. The fraction of sp³-hybridized carbons (Fsp3) is 0.0357. The first-order valence-electron chi connectivity index (χ1n) is 10.1. The largest absolute Gasteiger partial charge is 0.434 e. The van der Waals surface area contributed by atoms with Gasteiger partial charge in [-0.15, -0.1) is 0 Å². The van der Waals surface area contributed by atoms with Crippen LogP contribution >= 0.6 is 0 Å². The van der Waals surface area contributed by atoms with Crippen molar-refractivity contribution in [3.63, 3.8) is 0 Å². The zero-order valence-corrected chi connectivity index (χ0v) is 16.8. The predicted octanol–water partition coefficient (Wildman–Crippen LogP) is 7.47. The zero-order chi connectivity index (χ0) is 22.1. The number of halogens is 3. The van der Waals surface area contributed by atoms with Crippen LogP contribution in [0.15, 0.2) is 97.1 Å². The van der Waals surface area contributed by atoms with Gasteiger partial charge in [0.05, 0.1) is 11.1 Å². The lowest BCUT2D eigenvalue weighted by molar-refractivity contribution is -0.141. The zero-order valence-electron chi connectivity index (χ0n) is 16.8. The van der Waals surface area contributed by atoms with E-state index in [1.54, 1.807) is 42.5 Å². The number of rotatable bonds is 1. The summed E-state index contributed by atoms with van der Waals surface area (Å²) >= 11 is 0. The number of aromatic nitrogens is 1. The van der Waals surface area contributed by atoms with Crippen LogP contribution in [0.25, 0.3) is 32.8 Å². The second-order valence-corrected chi connectivity index (χ2v) is 7.41. The highest BCUT2D eigenvalue weighted by Crippen LogP contribution is 2.40. The average molecular weight is 423 g/mol. The van der Waals surface area contributed by atoms with Gasteiger partial charge in [-0.1, -0.05) is 84.6 Å². The van der Waals surface area contributed by atoms with Crippen molar-refractivity contribution < 1.29 is 13.2 Å². The highest BCUT2D eigenvalue weighted by atomic mass is 19.4. The molecule has 0 aliphatic carbocycles. The molecule has 0 saturated heterocycles. The van der Waals surface area contributed by atoms with Gasteiger partial charge in [0.25, 0.3) is 0 Å². The lowest BCUT2D eigenvalue weighted by atomic mass is 9.92. The van der Waals surface area contributed by atoms with Crippen LogP contribution < -0.4 is 0 Å². The predicted molar refractivity (Wildman–Crippen MR) is 122 cm³/mol. The molecule has 32 heavy (non-hydrogen) atoms. The van der Waals surface area contributed by atoms with Gasteiger partial charge in [0.15, 0.2) is 5.69 Å². The van der Waals surface area contributed by atoms with Crippen molar-refractivity contribution >= 4 is 21.7 Å². The van der Waals surface area contributed by atoms with Crippen molar-refractivity contribution in [3.8, 4) is 23.0 Å². The maximum absolute atomic E-state index is 14.2. The molecule has 0 spiro atoms. The third kappa shape index (κ3) is 3.70. The van der Waals surface area contributed by atoms with Crippen molar-refractivity contribution in [1.82, 2.24) is 4.98 Å². The first-order chi connectivity index (χ1) is 15.5. The van der Waals surface area contributed by atoms with Gasteiger partial charge >= 0.3 is 6.18 Å². The minimum absolute atomic E-state index is 0.115. The van der Waals surface area contributed by atoms with Gasteiger partial charge < -0.3 is 0 Å². The monoisotopic (exact) mass is 423 g/mol. The molecule has 5 rings (SSSR count). The smallest absolute Gasteiger partial charge is 0.242 e. The number of hydrogen-bond donors (Lipinski definition) is 0. The molecule has 0 aliphatic heterocycles. The Morgan fingerprint density at radius 2 is 1.25 bits per heavy atom. The fourth-order valence-electron chi connectivity index (χ4n) is 3.84. The van der Waals surface area contributed by atoms with E-state index in [-0.39, 0.29) is 5.56 Å². The van der Waals surface area contributed by atoms with Crippen LogP contribution in [0.5, 0.6) is 0 Å². The molecule has 1 nitrogen and oxygen atoms in total. The Kier molecular flexibility index (Phi) is 4.88. The summed E-state index contributed by atoms with van der Waals surface area (Å²) in [4.78, 5) is 4.07. The molecule has 0 saturated carbocycles. The Balaban J connectivity index is 1.92. The number of alkyl halides is 3. The van der Waals surface area contributed by atoms with Gasteiger partial charge in [-0.3, -0.25) is 0 Å². The Labute approximate surface area is 183 Å². The van der Waals surface area contributed by atoms with Crippen LogP contribution in [-0.4, -0.2) is 4.98 Å². The first kappa shape index (κ1) is 19.8. The quantitative estimate of drug-likeness (QED) is 0.201. The fourth-order valence-corrected chi connectivity index (χ4v) is 3.84. The number of benzene rings is 4. The summed E-state index contributed by atoms with van der Waals surface area (Å²) in [6.45, 7) is 0. The van der Waals surface area contributed by atoms with Gasteiger partial charge in [-0.25, -0.2) is 4.98 Å². The Hall–Kier alpha value is -4.10. The minimum atomic E-state index is -4.65. The maximum Gasteiger partial charge on any atom is 0.434 e. The highest BCUT2D eigenvalue weighted by molar-refractivity contribution is 6.05. The normalized spacial score (nSPS) is 11.3. The van der Waals surface area contributed by atoms with Crippen LogP contribution in [0.4, 0.5) is 13.2 Å². The van der Waals surface area contributed by atoms with E-state index in [1.807, 2.05) is 54.6 Å². The van der Waals surface area contributed by atoms with E-state index in [0.717, 1.165) is 10.8 Å². The Bertz CT molecular complexity index is 1490. The molecule has 0 unspecified atom stereocenters. The molecule has 5 aromatic rings. The topological polar surface area (TPSA) is 12.9 Å². The van der Waals surface area contributed by atoms with Crippen molar-refractivity contribution in [2.75, 3.05) is 0 Å². The number of pyridine rings is 1. The third-order valence-corrected chi connectivity index (χ3v) is 5.29. The van der Waals surface area contributed by atoms with E-state index in [2.05, 4.69) is 16.8 Å². The van der Waals surface area contributed by atoms with Crippen LogP contribution in [0.1, 0.15) is 16.8 Å². The summed E-state index contributed by atoms with van der Waals surface area (Å²) in [6, 6.07) is 29.2. The average Bonchev–Trinajstić information content (AvgIpc) is 2.81. The lowest BCUT2D eigenvalue weighted by Gasteiger charge is -2.16. The van der Waals surface area contributed by atoms with E-state index in [9.17, 15) is 13.2 Å². The van der Waals surface area contributed by atoms with E-state index < -0.39 is 11.9 Å². The molecule has 0 fully saturated rings. The molecule has 0 atom stereocenters. The summed E-state index contributed by atoms with van der Waals surface area (Å²) in [7, 11) is 0. The Morgan fingerprint density at radius 1 is 0.656 bits per heavy atom. The van der Waals surface area contributed by atoms with E-state index >= 15 is 0 Å². The molecule has 1 heterocycles. The maximum atomic E-state index is 14.2. The molecule has 0 N–H and O–H groups in total. The second kappa shape index (κ2) is 7.86. The van der Waals surface area contributed by atoms with Crippen LogP contribution in [0, 0.1) is 11.8 Å². The lowest BCUT2D eigenvalue weighted by Crippen LogP contribution is -2.12. The standard InChI is InChI=1S/C28H16F3N/c29-28(30,31)27-23(16-15-19-9-3-1-4-10-19)26(20-11-5-2-6-12-20)24-17-21-13-7-8-14-22(21)18-25(24)32-27/h1-14,17-18H. The van der Waals surface area contributed by atoms with Crippen LogP contribution in [0.2, 0.25) is 0 Å². The molecular weight excluding hydrogens is 407 g/mol. The van der Waals surface area contributed by atoms with Crippen LogP contribution in [0.3, 0.4) is 0 Å². The molecule has 0 aliphatic rings. The van der Waals surface area contributed by atoms with Gasteiger partial charge in [0, 0.05) is 16.5 Å². The van der Waals surface area contributed by atoms with E-state index in [0.29, 0.717) is 27.6 Å². The summed E-state index contributed by atoms with van der Waals surface area (Å²) in [5.41, 5.74) is 0.950. The third-order valence-electron chi connectivity index (χ3n) is 5.29. The Morgan fingerprint density at radius 3 is 1.91 bits per heavy atom. The summed E-state index contributed by atoms with van der Waals surface area (Å²) in [6.07, 6.45) is -4.65. The van der Waals surface area contributed by atoms with Gasteiger partial charge in [-0.2, -0.15) is 13.2 Å². The number of hydrogen-bond acceptors (Lipinski definition) is 1. The number of fused-ring (bicyclic) bond motifs is 2. The highest BCUT2D eigenvalue weighted by Gasteiger charge is 2.37. The molecule has 4 aromatic carbocycles. The molecule has 1 aromatic heterocycles. The van der Waals surface area contributed by atoms with Crippen molar-refractivity contribution in [3.05, 3.63) is 114 Å². The second-order valence-electron chi connectivity index (χ2n) is 7.41. The van der Waals surface area contributed by atoms with Crippen molar-refractivity contribution in [2.24, 2.45) is 0 Å². The molecular formula is C28H16F3N. The van der Waals surface area contributed by atoms with Gasteiger partial charge in [-0.05, 0) is 40.6 Å². The van der Waals surface area contributed by atoms with Crippen molar-refractivity contribution in [2.45, 2.75) is 6.18 Å². The van der Waals surface area contributed by atoms with Crippen molar-refractivity contribution in [1.29, 1.82) is 0 Å². The summed E-state index contributed by atoms with van der Waals surface area (Å²) in [5.74, 6) is 5.71. The van der Waals surface area contributed by atoms with E-state index in [1.165, 1.54) is 0 Å². The SMILES string of the molecule is FC(F)(F)c1nc2cc3ccccc3cc2c(-c2ccccc2)c1C#Cc1ccccc1. The molecule has 154 valence electrons.